The van der Waals surface area contributed by atoms with Crippen molar-refractivity contribution in [2.75, 3.05) is 56.0 Å². The zero-order valence-electron chi connectivity index (χ0n) is 25.6. The summed E-state index contributed by atoms with van der Waals surface area (Å²) < 4.78 is 5.82. The zero-order chi connectivity index (χ0) is 31.5. The Kier molecular flexibility index (Phi) is 9.14. The van der Waals surface area contributed by atoms with Crippen LogP contribution in [0.15, 0.2) is 70.5 Å². The fraction of sp³-hybridized carbons (Fsp3) is 0.333. The van der Waals surface area contributed by atoms with Crippen LogP contribution in [0.4, 0.5) is 27.5 Å². The van der Waals surface area contributed by atoms with Crippen molar-refractivity contribution in [1.82, 2.24) is 10.2 Å². The van der Waals surface area contributed by atoms with Crippen LogP contribution in [0.5, 0.6) is 0 Å². The molecule has 3 aromatic rings. The number of fused-ring (bicyclic) bond motifs is 2. The molecular weight excluding hydrogens is 578 g/mol. The molecule has 0 saturated carbocycles. The van der Waals surface area contributed by atoms with Gasteiger partial charge in [-0.15, -0.1) is 0 Å². The molecule has 1 saturated heterocycles. The smallest absolute Gasteiger partial charge is 0.419 e. The Balaban J connectivity index is 1.30. The highest BCUT2D eigenvalue weighted by Crippen LogP contribution is 2.50. The molecule has 0 unspecified atom stereocenters. The van der Waals surface area contributed by atoms with Crippen LogP contribution < -0.4 is 20.0 Å². The molecular formula is C33H37N5O5S. The number of hydrogen-bond acceptors (Lipinski definition) is 8. The van der Waals surface area contributed by atoms with E-state index in [-0.39, 0.29) is 30.7 Å². The number of ketones is 1. The van der Waals surface area contributed by atoms with E-state index in [4.69, 9.17) is 4.74 Å². The summed E-state index contributed by atoms with van der Waals surface area (Å²) in [4.78, 5) is 59.8. The fourth-order valence-electron chi connectivity index (χ4n) is 5.35. The number of carbonyl (C=O) groups is 4. The minimum atomic E-state index is -0.557. The van der Waals surface area contributed by atoms with E-state index in [1.165, 1.54) is 6.92 Å². The number of anilines is 4. The molecule has 11 heteroatoms. The minimum absolute atomic E-state index is 0.0257. The second-order valence-electron chi connectivity index (χ2n) is 11.3. The Hall–Kier alpha value is -4.51. The highest BCUT2D eigenvalue weighted by Gasteiger charge is 2.34. The van der Waals surface area contributed by atoms with Gasteiger partial charge in [0.1, 0.15) is 6.61 Å². The van der Waals surface area contributed by atoms with E-state index in [2.05, 4.69) is 17.4 Å². The molecule has 0 spiro atoms. The minimum Gasteiger partial charge on any atom is -0.444 e. The molecule has 0 bridgehead atoms. The van der Waals surface area contributed by atoms with Crippen LogP contribution in [0.2, 0.25) is 0 Å². The highest BCUT2D eigenvalue weighted by atomic mass is 32.2. The van der Waals surface area contributed by atoms with E-state index < -0.39 is 12.1 Å². The summed E-state index contributed by atoms with van der Waals surface area (Å²) >= 11 is 1.62. The molecule has 0 aromatic heterocycles. The standard InChI is InChI=1S/C33H37N5O5S/c1-21(39)34-19-31(40)37-16-6-7-28(37)32(41)23-10-8-22(9-11-23)20-43-33(42)38-26-14-12-24(35(2)3)17-29(26)44-30-18-25(36(4)5)13-15-27(30)38/h8-15,17-18,28H,6-7,16,19-20H2,1-5H3,(H,34,39)/t28-/m0/s1. The largest absolute Gasteiger partial charge is 0.444 e. The van der Waals surface area contributed by atoms with Crippen molar-refractivity contribution in [3.63, 3.8) is 0 Å². The van der Waals surface area contributed by atoms with Crippen molar-refractivity contribution in [3.8, 4) is 0 Å². The number of Topliss-reactive ketones (excluding diaryl/α,β-unsaturated/α-hetero) is 1. The van der Waals surface area contributed by atoms with E-state index in [0.29, 0.717) is 18.5 Å². The van der Waals surface area contributed by atoms with Crippen LogP contribution in [0.3, 0.4) is 0 Å². The van der Waals surface area contributed by atoms with E-state index in [1.807, 2.05) is 62.3 Å². The molecule has 1 N–H and O–H groups in total. The number of rotatable bonds is 8. The number of nitrogens with zero attached hydrogens (tertiary/aromatic N) is 4. The van der Waals surface area contributed by atoms with Gasteiger partial charge in [0.15, 0.2) is 5.78 Å². The van der Waals surface area contributed by atoms with Gasteiger partial charge in [-0.2, -0.15) is 0 Å². The van der Waals surface area contributed by atoms with Gasteiger partial charge in [-0.05, 0) is 54.8 Å². The Morgan fingerprint density at radius 3 is 2.02 bits per heavy atom. The van der Waals surface area contributed by atoms with E-state index in [9.17, 15) is 19.2 Å². The first kappa shape index (κ1) is 30.9. The van der Waals surface area contributed by atoms with Crippen LogP contribution in [0.1, 0.15) is 35.7 Å². The predicted octanol–water partition coefficient (Wildman–Crippen LogP) is 5.07. The highest BCUT2D eigenvalue weighted by molar-refractivity contribution is 7.99. The average molecular weight is 616 g/mol. The molecule has 230 valence electrons. The Morgan fingerprint density at radius 1 is 0.886 bits per heavy atom. The first-order valence-electron chi connectivity index (χ1n) is 14.5. The van der Waals surface area contributed by atoms with Crippen LogP contribution in [0, 0.1) is 0 Å². The molecule has 0 aliphatic carbocycles. The van der Waals surface area contributed by atoms with Gasteiger partial charge >= 0.3 is 6.09 Å². The van der Waals surface area contributed by atoms with Gasteiger partial charge in [0, 0.05) is 68.4 Å². The topological polar surface area (TPSA) is 102 Å². The maximum Gasteiger partial charge on any atom is 0.419 e. The summed E-state index contributed by atoms with van der Waals surface area (Å²) in [6.45, 7) is 1.74. The third-order valence-corrected chi connectivity index (χ3v) is 8.86. The molecule has 10 nitrogen and oxygen atoms in total. The summed E-state index contributed by atoms with van der Waals surface area (Å²) in [7, 11) is 7.93. The molecule has 1 atom stereocenters. The quantitative estimate of drug-likeness (QED) is 0.351. The lowest BCUT2D eigenvalue weighted by Gasteiger charge is -2.32. The fourth-order valence-corrected chi connectivity index (χ4v) is 6.47. The first-order valence-corrected chi connectivity index (χ1v) is 15.3. The molecule has 5 rings (SSSR count). The number of hydrogen-bond donors (Lipinski definition) is 1. The zero-order valence-corrected chi connectivity index (χ0v) is 26.4. The van der Waals surface area contributed by atoms with E-state index in [0.717, 1.165) is 44.5 Å². The van der Waals surface area contributed by atoms with Gasteiger partial charge in [0.05, 0.1) is 24.0 Å². The molecule has 2 aliphatic heterocycles. The SMILES string of the molecule is CC(=O)NCC(=O)N1CCC[C@H]1C(=O)c1ccc(COC(=O)N2c3ccc(N(C)C)cc3Sc3cc(N(C)C)ccc32)cc1. The second kappa shape index (κ2) is 13.0. The van der Waals surface area contributed by atoms with Crippen LogP contribution in [0.25, 0.3) is 0 Å². The van der Waals surface area contributed by atoms with Gasteiger partial charge < -0.3 is 24.8 Å². The Morgan fingerprint density at radius 2 is 1.48 bits per heavy atom. The van der Waals surface area contributed by atoms with E-state index in [1.54, 1.807) is 45.8 Å². The van der Waals surface area contributed by atoms with Crippen molar-refractivity contribution in [2.24, 2.45) is 0 Å². The molecule has 2 aliphatic rings. The monoisotopic (exact) mass is 615 g/mol. The lowest BCUT2D eigenvalue weighted by Crippen LogP contribution is -2.45. The molecule has 3 aromatic carbocycles. The molecule has 44 heavy (non-hydrogen) atoms. The van der Waals surface area contributed by atoms with Crippen LogP contribution in [-0.2, 0) is 20.9 Å². The lowest BCUT2D eigenvalue weighted by molar-refractivity contribution is -0.132. The van der Waals surface area contributed by atoms with Crippen molar-refractivity contribution in [3.05, 3.63) is 71.8 Å². The number of carbonyl (C=O) groups excluding carboxylic acids is 4. The van der Waals surface area contributed by atoms with Gasteiger partial charge in [-0.25, -0.2) is 9.69 Å². The lowest BCUT2D eigenvalue weighted by atomic mass is 10.0. The van der Waals surface area contributed by atoms with Crippen molar-refractivity contribution < 1.29 is 23.9 Å². The van der Waals surface area contributed by atoms with Crippen LogP contribution >= 0.6 is 11.8 Å². The number of nitrogens with one attached hydrogen (secondary N) is 1. The maximum absolute atomic E-state index is 13.6. The van der Waals surface area contributed by atoms with Gasteiger partial charge in [0.2, 0.25) is 11.8 Å². The van der Waals surface area contributed by atoms with E-state index >= 15 is 0 Å². The Labute approximate surface area is 261 Å². The van der Waals surface area contributed by atoms with Crippen molar-refractivity contribution in [2.45, 2.75) is 42.2 Å². The third-order valence-electron chi connectivity index (χ3n) is 7.77. The van der Waals surface area contributed by atoms with Gasteiger partial charge in [-0.1, -0.05) is 36.0 Å². The molecule has 0 radical (unpaired) electrons. The Bertz CT molecular complexity index is 1530. The summed E-state index contributed by atoms with van der Waals surface area (Å²) in [5, 5.41) is 2.51. The first-order chi connectivity index (χ1) is 21.0. The number of benzene rings is 3. The molecule has 3 amide bonds. The summed E-state index contributed by atoms with van der Waals surface area (Å²) in [5.74, 6) is -0.702. The summed E-state index contributed by atoms with van der Waals surface area (Å²) in [6.07, 6.45) is 0.805. The average Bonchev–Trinajstić information content (AvgIpc) is 3.50. The van der Waals surface area contributed by atoms with Gasteiger partial charge in [0.25, 0.3) is 0 Å². The summed E-state index contributed by atoms with van der Waals surface area (Å²) in [6, 6.07) is 18.4. The number of ether oxygens (including phenoxy) is 1. The van der Waals surface area contributed by atoms with Crippen molar-refractivity contribution >= 4 is 58.2 Å². The number of amides is 3. The molecule has 2 heterocycles. The number of likely N-dealkylation sites (tertiary alicyclic amines) is 1. The van der Waals surface area contributed by atoms with Crippen LogP contribution in [-0.4, -0.2) is 75.9 Å². The van der Waals surface area contributed by atoms with Crippen molar-refractivity contribution in [1.29, 1.82) is 0 Å². The predicted molar refractivity (Wildman–Crippen MR) is 172 cm³/mol. The normalized spacial score (nSPS) is 15.2. The van der Waals surface area contributed by atoms with Gasteiger partial charge in [-0.3, -0.25) is 14.4 Å². The maximum atomic E-state index is 13.6. The molecule has 1 fully saturated rings. The second-order valence-corrected chi connectivity index (χ2v) is 12.4. The summed E-state index contributed by atoms with van der Waals surface area (Å²) in [5.41, 5.74) is 4.79. The third kappa shape index (κ3) is 6.52.